The third kappa shape index (κ3) is 8.59. The van der Waals surface area contributed by atoms with E-state index in [9.17, 15) is 9.59 Å². The number of amides is 1. The van der Waals surface area contributed by atoms with E-state index in [0.717, 1.165) is 19.6 Å². The molecule has 0 unspecified atom stereocenters. The highest BCUT2D eigenvalue weighted by atomic mass is 16.4. The Morgan fingerprint density at radius 1 is 1.05 bits per heavy atom. The van der Waals surface area contributed by atoms with Crippen molar-refractivity contribution in [3.63, 3.8) is 0 Å². The summed E-state index contributed by atoms with van der Waals surface area (Å²) < 4.78 is 0. The van der Waals surface area contributed by atoms with Crippen LogP contribution in [0.25, 0.3) is 0 Å². The van der Waals surface area contributed by atoms with Crippen molar-refractivity contribution in [3.05, 3.63) is 0 Å². The van der Waals surface area contributed by atoms with Gasteiger partial charge in [-0.3, -0.25) is 9.59 Å². The summed E-state index contributed by atoms with van der Waals surface area (Å²) in [5.41, 5.74) is 0. The minimum absolute atomic E-state index is 0.0160. The SMILES string of the molecule is CCN(CC)CCN(CCC(=O)O)C(=O)CC(C)C. The van der Waals surface area contributed by atoms with Gasteiger partial charge < -0.3 is 14.9 Å². The predicted octanol–water partition coefficient (Wildman–Crippen LogP) is 1.68. The van der Waals surface area contributed by atoms with E-state index in [-0.39, 0.29) is 12.3 Å². The fraction of sp³-hybridized carbons (Fsp3) is 0.857. The van der Waals surface area contributed by atoms with Crippen LogP contribution >= 0.6 is 0 Å². The third-order valence-electron chi connectivity index (χ3n) is 3.11. The maximum absolute atomic E-state index is 12.1. The Kier molecular flexibility index (Phi) is 9.21. The molecular weight excluding hydrogens is 244 g/mol. The standard InChI is InChI=1S/C14H28N2O3/c1-5-15(6-2)9-10-16(8-7-14(18)19)13(17)11-12(3)4/h12H,5-11H2,1-4H3,(H,18,19). The lowest BCUT2D eigenvalue weighted by molar-refractivity contribution is -0.138. The molecule has 5 nitrogen and oxygen atoms in total. The van der Waals surface area contributed by atoms with Gasteiger partial charge in [-0.1, -0.05) is 27.7 Å². The molecule has 0 atom stereocenters. The lowest BCUT2D eigenvalue weighted by Crippen LogP contribution is -2.40. The number of carbonyl (C=O) groups is 2. The summed E-state index contributed by atoms with van der Waals surface area (Å²) in [6.45, 7) is 11.8. The van der Waals surface area contributed by atoms with E-state index in [4.69, 9.17) is 5.11 Å². The highest BCUT2D eigenvalue weighted by Gasteiger charge is 2.16. The molecule has 0 aromatic heterocycles. The van der Waals surface area contributed by atoms with Gasteiger partial charge in [0.15, 0.2) is 0 Å². The molecule has 0 bridgehead atoms. The van der Waals surface area contributed by atoms with Crippen LogP contribution in [0, 0.1) is 5.92 Å². The summed E-state index contributed by atoms with van der Waals surface area (Å²) in [5, 5.41) is 8.75. The largest absolute Gasteiger partial charge is 0.481 e. The molecule has 0 fully saturated rings. The summed E-state index contributed by atoms with van der Waals surface area (Å²) in [5.74, 6) is -0.498. The number of aliphatic carboxylic acids is 1. The monoisotopic (exact) mass is 272 g/mol. The topological polar surface area (TPSA) is 60.9 Å². The van der Waals surface area contributed by atoms with E-state index in [1.54, 1.807) is 4.90 Å². The molecule has 0 aliphatic carbocycles. The second-order valence-electron chi connectivity index (χ2n) is 5.15. The van der Waals surface area contributed by atoms with E-state index in [1.807, 2.05) is 13.8 Å². The van der Waals surface area contributed by atoms with Crippen molar-refractivity contribution in [1.29, 1.82) is 0 Å². The summed E-state index contributed by atoms with van der Waals surface area (Å²) in [6, 6.07) is 0. The maximum Gasteiger partial charge on any atom is 0.305 e. The van der Waals surface area contributed by atoms with Crippen LogP contribution in [0.15, 0.2) is 0 Å². The zero-order valence-corrected chi connectivity index (χ0v) is 12.7. The van der Waals surface area contributed by atoms with E-state index in [0.29, 0.717) is 25.4 Å². The molecule has 0 aromatic carbocycles. The molecule has 0 aliphatic heterocycles. The van der Waals surface area contributed by atoms with Gasteiger partial charge in [0.2, 0.25) is 5.91 Å². The van der Waals surface area contributed by atoms with Crippen molar-refractivity contribution in [3.8, 4) is 0 Å². The highest BCUT2D eigenvalue weighted by molar-refractivity contribution is 5.77. The van der Waals surface area contributed by atoms with Crippen molar-refractivity contribution in [2.75, 3.05) is 32.7 Å². The first-order valence-electron chi connectivity index (χ1n) is 7.12. The zero-order valence-electron chi connectivity index (χ0n) is 12.7. The van der Waals surface area contributed by atoms with Gasteiger partial charge in [-0.2, -0.15) is 0 Å². The summed E-state index contributed by atoms with van der Waals surface area (Å²) >= 11 is 0. The second kappa shape index (κ2) is 9.78. The minimum atomic E-state index is -0.856. The Hall–Kier alpha value is -1.10. The van der Waals surface area contributed by atoms with E-state index >= 15 is 0 Å². The first-order chi connectivity index (χ1) is 8.90. The molecule has 5 heteroatoms. The van der Waals surface area contributed by atoms with Crippen LogP contribution in [-0.4, -0.2) is 59.5 Å². The van der Waals surface area contributed by atoms with Crippen molar-refractivity contribution < 1.29 is 14.7 Å². The van der Waals surface area contributed by atoms with Crippen LogP contribution in [0.3, 0.4) is 0 Å². The molecule has 112 valence electrons. The summed E-state index contributed by atoms with van der Waals surface area (Å²) in [7, 11) is 0. The zero-order chi connectivity index (χ0) is 14.8. The summed E-state index contributed by atoms with van der Waals surface area (Å²) in [4.78, 5) is 26.6. The first-order valence-corrected chi connectivity index (χ1v) is 7.12. The average molecular weight is 272 g/mol. The maximum atomic E-state index is 12.1. The molecule has 1 N–H and O–H groups in total. The molecule has 0 saturated carbocycles. The van der Waals surface area contributed by atoms with Gasteiger partial charge in [0.25, 0.3) is 0 Å². The summed E-state index contributed by atoms with van der Waals surface area (Å²) in [6.07, 6.45) is 0.500. The van der Waals surface area contributed by atoms with Gasteiger partial charge in [0.05, 0.1) is 6.42 Å². The van der Waals surface area contributed by atoms with Crippen LogP contribution in [0.2, 0.25) is 0 Å². The Morgan fingerprint density at radius 2 is 1.63 bits per heavy atom. The Labute approximate surface area is 116 Å². The first kappa shape index (κ1) is 17.9. The number of hydrogen-bond donors (Lipinski definition) is 1. The molecule has 1 amide bonds. The van der Waals surface area contributed by atoms with E-state index in [1.165, 1.54) is 0 Å². The lowest BCUT2D eigenvalue weighted by Gasteiger charge is -2.26. The van der Waals surface area contributed by atoms with Gasteiger partial charge >= 0.3 is 5.97 Å². The molecule has 0 radical (unpaired) electrons. The molecule has 19 heavy (non-hydrogen) atoms. The van der Waals surface area contributed by atoms with Crippen LogP contribution in [0.1, 0.15) is 40.5 Å². The lowest BCUT2D eigenvalue weighted by atomic mass is 10.1. The molecule has 0 rings (SSSR count). The van der Waals surface area contributed by atoms with E-state index < -0.39 is 5.97 Å². The van der Waals surface area contributed by atoms with Gasteiger partial charge in [0.1, 0.15) is 0 Å². The Bertz CT molecular complexity index is 276. The normalized spacial score (nSPS) is 11.1. The smallest absolute Gasteiger partial charge is 0.305 e. The fourth-order valence-corrected chi connectivity index (χ4v) is 1.87. The van der Waals surface area contributed by atoms with Crippen LogP contribution in [-0.2, 0) is 9.59 Å². The van der Waals surface area contributed by atoms with Crippen molar-refractivity contribution in [2.45, 2.75) is 40.5 Å². The highest BCUT2D eigenvalue weighted by Crippen LogP contribution is 2.05. The number of carboxylic acids is 1. The van der Waals surface area contributed by atoms with Gasteiger partial charge in [-0.25, -0.2) is 0 Å². The minimum Gasteiger partial charge on any atom is -0.481 e. The van der Waals surface area contributed by atoms with Gasteiger partial charge in [0, 0.05) is 26.1 Å². The van der Waals surface area contributed by atoms with E-state index in [2.05, 4.69) is 18.7 Å². The number of carbonyl (C=O) groups excluding carboxylic acids is 1. The van der Waals surface area contributed by atoms with Crippen molar-refractivity contribution >= 4 is 11.9 Å². The number of likely N-dealkylation sites (N-methyl/N-ethyl adjacent to an activating group) is 1. The second-order valence-corrected chi connectivity index (χ2v) is 5.15. The van der Waals surface area contributed by atoms with Crippen LogP contribution in [0.4, 0.5) is 0 Å². The molecule has 0 aliphatic rings. The quantitative estimate of drug-likeness (QED) is 0.657. The number of carboxylic acid groups (broad SMARTS) is 1. The number of rotatable bonds is 10. The molecule has 0 saturated heterocycles. The molecule has 0 aromatic rings. The molecular formula is C14H28N2O3. The van der Waals surface area contributed by atoms with Crippen molar-refractivity contribution in [2.24, 2.45) is 5.92 Å². The van der Waals surface area contributed by atoms with Crippen molar-refractivity contribution in [1.82, 2.24) is 9.80 Å². The van der Waals surface area contributed by atoms with Gasteiger partial charge in [-0.05, 0) is 19.0 Å². The van der Waals surface area contributed by atoms with Gasteiger partial charge in [-0.15, -0.1) is 0 Å². The Balaban J connectivity index is 4.39. The number of nitrogens with zero attached hydrogens (tertiary/aromatic N) is 2. The average Bonchev–Trinajstić information content (AvgIpc) is 2.32. The molecule has 0 heterocycles. The molecule has 0 spiro atoms. The van der Waals surface area contributed by atoms with Crippen LogP contribution in [0.5, 0.6) is 0 Å². The number of hydrogen-bond acceptors (Lipinski definition) is 3. The fourth-order valence-electron chi connectivity index (χ4n) is 1.87. The Morgan fingerprint density at radius 3 is 2.05 bits per heavy atom. The predicted molar refractivity (Wildman–Crippen MR) is 76.1 cm³/mol. The van der Waals surface area contributed by atoms with Crippen LogP contribution < -0.4 is 0 Å². The third-order valence-corrected chi connectivity index (χ3v) is 3.11.